The first kappa shape index (κ1) is 17.1. The fraction of sp³-hybridized carbons (Fsp3) is 0.500. The Bertz CT molecular complexity index is 775. The molecule has 2 heterocycles. The van der Waals surface area contributed by atoms with Gasteiger partial charge in [-0.15, -0.1) is 0 Å². The van der Waals surface area contributed by atoms with Crippen molar-refractivity contribution in [2.45, 2.75) is 44.7 Å². The van der Waals surface area contributed by atoms with Crippen LogP contribution in [-0.4, -0.2) is 46.9 Å². The van der Waals surface area contributed by atoms with Crippen LogP contribution in [0.3, 0.4) is 0 Å². The lowest BCUT2D eigenvalue weighted by atomic mass is 10.2. The Morgan fingerprint density at radius 2 is 1.73 bits per heavy atom. The van der Waals surface area contributed by atoms with Gasteiger partial charge in [-0.2, -0.15) is 0 Å². The summed E-state index contributed by atoms with van der Waals surface area (Å²) in [4.78, 5) is 39.4. The molecule has 1 aliphatic carbocycles. The molecule has 7 nitrogen and oxygen atoms in total. The van der Waals surface area contributed by atoms with Gasteiger partial charge in [0.25, 0.3) is 0 Å². The fourth-order valence-corrected chi connectivity index (χ4v) is 3.99. The van der Waals surface area contributed by atoms with Crippen molar-refractivity contribution in [1.29, 1.82) is 0 Å². The molecule has 0 unspecified atom stereocenters. The standard InChI is InChI=1S/C18H19ClN2O5/c19-13-8-11(9-14-15(13)26-7-3-6-25-14)10-20-16(22)17(23)21(18(20)24)12-4-1-2-5-12/h8-9,12H,1-7,10H2. The number of rotatable bonds is 3. The zero-order chi connectivity index (χ0) is 18.3. The van der Waals surface area contributed by atoms with Crippen LogP contribution in [0.2, 0.25) is 5.02 Å². The molecule has 26 heavy (non-hydrogen) atoms. The number of hydrogen-bond acceptors (Lipinski definition) is 5. The summed E-state index contributed by atoms with van der Waals surface area (Å²) in [6.07, 6.45) is 4.19. The maximum Gasteiger partial charge on any atom is 0.334 e. The van der Waals surface area contributed by atoms with E-state index in [0.29, 0.717) is 35.3 Å². The zero-order valence-corrected chi connectivity index (χ0v) is 15.0. The highest BCUT2D eigenvalue weighted by molar-refractivity contribution is 6.44. The maximum absolute atomic E-state index is 12.7. The molecular formula is C18H19ClN2O5. The number of halogens is 1. The third kappa shape index (κ3) is 2.90. The average molecular weight is 379 g/mol. The van der Waals surface area contributed by atoms with Crippen LogP contribution in [0, 0.1) is 0 Å². The van der Waals surface area contributed by atoms with Gasteiger partial charge in [-0.3, -0.25) is 19.4 Å². The van der Waals surface area contributed by atoms with Gasteiger partial charge in [-0.05, 0) is 30.5 Å². The molecule has 1 aromatic carbocycles. The molecule has 8 heteroatoms. The molecule has 4 rings (SSSR count). The van der Waals surface area contributed by atoms with Gasteiger partial charge >= 0.3 is 17.8 Å². The Kier molecular flexibility index (Phi) is 4.48. The normalized spacial score (nSPS) is 20.9. The molecule has 4 amide bonds. The molecule has 0 bridgehead atoms. The van der Waals surface area contributed by atoms with Crippen molar-refractivity contribution in [2.24, 2.45) is 0 Å². The Morgan fingerprint density at radius 1 is 1.00 bits per heavy atom. The molecule has 138 valence electrons. The number of carbonyl (C=O) groups excluding carboxylic acids is 3. The van der Waals surface area contributed by atoms with Gasteiger partial charge in [0, 0.05) is 12.5 Å². The summed E-state index contributed by atoms with van der Waals surface area (Å²) in [7, 11) is 0. The van der Waals surface area contributed by atoms with Crippen molar-refractivity contribution >= 4 is 29.4 Å². The van der Waals surface area contributed by atoms with Crippen LogP contribution in [0.1, 0.15) is 37.7 Å². The van der Waals surface area contributed by atoms with E-state index in [2.05, 4.69) is 0 Å². The van der Waals surface area contributed by atoms with Crippen LogP contribution < -0.4 is 9.47 Å². The summed E-state index contributed by atoms with van der Waals surface area (Å²) in [6.45, 7) is 0.991. The minimum atomic E-state index is -0.787. The number of imide groups is 2. The molecule has 0 N–H and O–H groups in total. The highest BCUT2D eigenvalue weighted by Gasteiger charge is 2.48. The van der Waals surface area contributed by atoms with Crippen LogP contribution >= 0.6 is 11.6 Å². The van der Waals surface area contributed by atoms with Crippen molar-refractivity contribution in [1.82, 2.24) is 9.80 Å². The third-order valence-electron chi connectivity index (χ3n) is 4.98. The highest BCUT2D eigenvalue weighted by atomic mass is 35.5. The number of nitrogens with zero attached hydrogens (tertiary/aromatic N) is 2. The van der Waals surface area contributed by atoms with E-state index in [1.54, 1.807) is 12.1 Å². The lowest BCUT2D eigenvalue weighted by Crippen LogP contribution is -2.39. The number of ether oxygens (including phenoxy) is 2. The second-order valence-electron chi connectivity index (χ2n) is 6.74. The molecule has 0 aromatic heterocycles. The van der Waals surface area contributed by atoms with Crippen LogP contribution in [0.25, 0.3) is 0 Å². The van der Waals surface area contributed by atoms with Gasteiger partial charge in [-0.25, -0.2) is 4.79 Å². The summed E-state index contributed by atoms with van der Waals surface area (Å²) in [5.41, 5.74) is 0.613. The molecule has 1 saturated heterocycles. The van der Waals surface area contributed by atoms with Gasteiger partial charge in [0.2, 0.25) is 0 Å². The van der Waals surface area contributed by atoms with Gasteiger partial charge in [0.05, 0.1) is 24.8 Å². The smallest absolute Gasteiger partial charge is 0.334 e. The van der Waals surface area contributed by atoms with Gasteiger partial charge in [0.15, 0.2) is 11.5 Å². The number of amides is 4. The van der Waals surface area contributed by atoms with E-state index in [-0.39, 0.29) is 12.6 Å². The van der Waals surface area contributed by atoms with E-state index < -0.39 is 17.8 Å². The molecule has 2 fully saturated rings. The summed E-state index contributed by atoms with van der Waals surface area (Å²) in [5, 5.41) is 0.359. The lowest BCUT2D eigenvalue weighted by molar-refractivity contribution is -0.144. The molecule has 1 aromatic rings. The monoisotopic (exact) mass is 378 g/mol. The van der Waals surface area contributed by atoms with Crippen molar-refractivity contribution in [3.63, 3.8) is 0 Å². The first-order valence-electron chi connectivity index (χ1n) is 8.83. The Labute approximate surface area is 155 Å². The SMILES string of the molecule is O=C1C(=O)N(C2CCCC2)C(=O)N1Cc1cc(Cl)c2c(c1)OCCCO2. The third-order valence-corrected chi connectivity index (χ3v) is 5.26. The van der Waals surface area contributed by atoms with Crippen LogP contribution in [0.15, 0.2) is 12.1 Å². The largest absolute Gasteiger partial charge is 0.489 e. The van der Waals surface area contributed by atoms with Crippen molar-refractivity contribution in [3.8, 4) is 11.5 Å². The minimum absolute atomic E-state index is 0.0248. The number of fused-ring (bicyclic) bond motifs is 1. The molecule has 0 radical (unpaired) electrons. The predicted molar refractivity (Wildman–Crippen MR) is 92.1 cm³/mol. The summed E-state index contributed by atoms with van der Waals surface area (Å²) in [6, 6.07) is 2.63. The second kappa shape index (κ2) is 6.79. The van der Waals surface area contributed by atoms with Gasteiger partial charge < -0.3 is 9.47 Å². The van der Waals surface area contributed by atoms with E-state index in [1.807, 2.05) is 0 Å². The average Bonchev–Trinajstić information content (AvgIpc) is 3.11. The highest BCUT2D eigenvalue weighted by Crippen LogP contribution is 2.38. The van der Waals surface area contributed by atoms with Crippen LogP contribution in [0.4, 0.5) is 4.79 Å². The summed E-state index contributed by atoms with van der Waals surface area (Å²) in [5.74, 6) is -0.564. The molecule has 2 aliphatic heterocycles. The van der Waals surface area contributed by atoms with Crippen molar-refractivity contribution in [3.05, 3.63) is 22.7 Å². The Balaban J connectivity index is 1.58. The lowest BCUT2D eigenvalue weighted by Gasteiger charge is -2.21. The van der Waals surface area contributed by atoms with Gasteiger partial charge in [0.1, 0.15) is 0 Å². The summed E-state index contributed by atoms with van der Waals surface area (Å²) >= 11 is 6.27. The summed E-state index contributed by atoms with van der Waals surface area (Å²) < 4.78 is 11.2. The molecule has 0 atom stereocenters. The topological polar surface area (TPSA) is 76.2 Å². The zero-order valence-electron chi connectivity index (χ0n) is 14.2. The molecule has 3 aliphatic rings. The fourth-order valence-electron chi connectivity index (χ4n) is 3.70. The molecular weight excluding hydrogens is 360 g/mol. The molecule has 0 spiro atoms. The maximum atomic E-state index is 12.7. The first-order chi connectivity index (χ1) is 12.6. The van der Waals surface area contributed by atoms with E-state index in [1.165, 1.54) is 0 Å². The van der Waals surface area contributed by atoms with Crippen LogP contribution in [0.5, 0.6) is 11.5 Å². The van der Waals surface area contributed by atoms with E-state index in [0.717, 1.165) is 41.9 Å². The minimum Gasteiger partial charge on any atom is -0.489 e. The van der Waals surface area contributed by atoms with Crippen molar-refractivity contribution < 1.29 is 23.9 Å². The number of hydrogen-bond donors (Lipinski definition) is 0. The molecule has 1 saturated carbocycles. The first-order valence-corrected chi connectivity index (χ1v) is 9.21. The van der Waals surface area contributed by atoms with Gasteiger partial charge in [-0.1, -0.05) is 24.4 Å². The van der Waals surface area contributed by atoms with E-state index in [9.17, 15) is 14.4 Å². The number of benzene rings is 1. The quantitative estimate of drug-likeness (QED) is 0.597. The van der Waals surface area contributed by atoms with E-state index in [4.69, 9.17) is 21.1 Å². The predicted octanol–water partition coefficient (Wildman–Crippen LogP) is 2.73. The number of urea groups is 1. The van der Waals surface area contributed by atoms with Crippen molar-refractivity contribution in [2.75, 3.05) is 13.2 Å². The van der Waals surface area contributed by atoms with Crippen LogP contribution in [-0.2, 0) is 16.1 Å². The number of carbonyl (C=O) groups is 3. The Hall–Kier alpha value is -2.28. The second-order valence-corrected chi connectivity index (χ2v) is 7.15. The van der Waals surface area contributed by atoms with E-state index >= 15 is 0 Å². The Morgan fingerprint density at radius 3 is 2.50 bits per heavy atom.